The Morgan fingerprint density at radius 3 is 2.62 bits per heavy atom. The zero-order valence-corrected chi connectivity index (χ0v) is 18.1. The van der Waals surface area contributed by atoms with E-state index in [-0.39, 0.29) is 17.2 Å². The molecule has 4 aromatic rings. The molecule has 2 amide bonds. The Hall–Kier alpha value is -4.72. The van der Waals surface area contributed by atoms with Crippen LogP contribution in [0.5, 0.6) is 0 Å². The SMILES string of the molecule is CC(=O)Nc1cccc(N2C(=O)C(O)=C(C(=O)c3cc4ccccc4o3)C2c2cccnc2)c1. The van der Waals surface area contributed by atoms with Crippen molar-refractivity contribution in [1.82, 2.24) is 4.98 Å². The van der Waals surface area contributed by atoms with Crippen molar-refractivity contribution in [2.75, 3.05) is 10.2 Å². The van der Waals surface area contributed by atoms with E-state index in [0.717, 1.165) is 5.39 Å². The van der Waals surface area contributed by atoms with Crippen molar-refractivity contribution < 1.29 is 23.9 Å². The highest BCUT2D eigenvalue weighted by Crippen LogP contribution is 2.42. The number of aliphatic hydroxyl groups is 1. The second kappa shape index (κ2) is 8.32. The minimum atomic E-state index is -0.950. The number of para-hydroxylation sites is 1. The van der Waals surface area contributed by atoms with Gasteiger partial charge in [0, 0.05) is 36.1 Å². The molecule has 2 aromatic carbocycles. The van der Waals surface area contributed by atoms with E-state index in [9.17, 15) is 19.5 Å². The summed E-state index contributed by atoms with van der Waals surface area (Å²) in [5, 5.41) is 14.3. The third-order valence-corrected chi connectivity index (χ3v) is 5.55. The molecule has 1 atom stereocenters. The highest BCUT2D eigenvalue weighted by molar-refractivity contribution is 6.20. The van der Waals surface area contributed by atoms with Gasteiger partial charge in [0.05, 0.1) is 11.6 Å². The van der Waals surface area contributed by atoms with Gasteiger partial charge in [-0.05, 0) is 42.0 Å². The second-order valence-electron chi connectivity index (χ2n) is 7.84. The lowest BCUT2D eigenvalue weighted by Gasteiger charge is -2.26. The number of anilines is 2. The van der Waals surface area contributed by atoms with Gasteiger partial charge in [0.2, 0.25) is 11.7 Å². The summed E-state index contributed by atoms with van der Waals surface area (Å²) in [6.45, 7) is 1.38. The number of ketones is 1. The van der Waals surface area contributed by atoms with Crippen molar-refractivity contribution in [3.05, 3.63) is 102 Å². The van der Waals surface area contributed by atoms with Crippen LogP contribution in [0.1, 0.15) is 29.1 Å². The smallest absolute Gasteiger partial charge is 0.294 e. The Morgan fingerprint density at radius 2 is 1.88 bits per heavy atom. The maximum Gasteiger partial charge on any atom is 0.294 e. The molecule has 1 aliphatic heterocycles. The number of aromatic nitrogens is 1. The summed E-state index contributed by atoms with van der Waals surface area (Å²) in [7, 11) is 0. The highest BCUT2D eigenvalue weighted by Gasteiger charge is 2.45. The van der Waals surface area contributed by atoms with Gasteiger partial charge in [0.25, 0.3) is 5.91 Å². The number of carbonyl (C=O) groups is 3. The molecule has 0 radical (unpaired) electrons. The summed E-state index contributed by atoms with van der Waals surface area (Å²) in [6, 6.07) is 17.8. The molecule has 34 heavy (non-hydrogen) atoms. The minimum absolute atomic E-state index is 0.0123. The number of nitrogens with one attached hydrogen (secondary N) is 1. The average Bonchev–Trinajstić information content (AvgIpc) is 3.38. The summed E-state index contributed by atoms with van der Waals surface area (Å²) in [4.78, 5) is 43.8. The fraction of sp³-hybridized carbons (Fsp3) is 0.0769. The molecule has 0 aliphatic carbocycles. The maximum atomic E-state index is 13.6. The van der Waals surface area contributed by atoms with Crippen LogP contribution in [0.3, 0.4) is 0 Å². The first-order valence-electron chi connectivity index (χ1n) is 10.5. The number of fused-ring (bicyclic) bond motifs is 1. The van der Waals surface area contributed by atoms with Gasteiger partial charge in [-0.25, -0.2) is 0 Å². The van der Waals surface area contributed by atoms with E-state index in [1.807, 2.05) is 12.1 Å². The number of nitrogens with zero attached hydrogens (tertiary/aromatic N) is 2. The molecular weight excluding hydrogens is 434 g/mol. The first kappa shape index (κ1) is 21.1. The van der Waals surface area contributed by atoms with E-state index in [0.29, 0.717) is 22.5 Å². The van der Waals surface area contributed by atoms with Crippen LogP contribution in [0.25, 0.3) is 11.0 Å². The third-order valence-electron chi connectivity index (χ3n) is 5.55. The van der Waals surface area contributed by atoms with Crippen LogP contribution in [0.4, 0.5) is 11.4 Å². The van der Waals surface area contributed by atoms with E-state index in [4.69, 9.17) is 4.42 Å². The lowest BCUT2D eigenvalue weighted by atomic mass is 9.96. The Morgan fingerprint density at radius 1 is 1.06 bits per heavy atom. The molecule has 1 unspecified atom stereocenters. The molecule has 1 aliphatic rings. The van der Waals surface area contributed by atoms with Gasteiger partial charge in [0.1, 0.15) is 5.58 Å². The lowest BCUT2D eigenvalue weighted by Crippen LogP contribution is -2.31. The van der Waals surface area contributed by atoms with Crippen molar-refractivity contribution in [1.29, 1.82) is 0 Å². The predicted molar refractivity (Wildman–Crippen MR) is 125 cm³/mol. The Bertz CT molecular complexity index is 1440. The van der Waals surface area contributed by atoms with E-state index >= 15 is 0 Å². The van der Waals surface area contributed by atoms with Gasteiger partial charge in [-0.15, -0.1) is 0 Å². The molecule has 5 rings (SSSR count). The molecule has 3 heterocycles. The number of aliphatic hydroxyl groups excluding tert-OH is 1. The number of rotatable bonds is 5. The number of furan rings is 1. The Labute approximate surface area is 194 Å². The summed E-state index contributed by atoms with van der Waals surface area (Å²) < 4.78 is 5.73. The van der Waals surface area contributed by atoms with Crippen molar-refractivity contribution in [3.8, 4) is 0 Å². The Kier molecular flexibility index (Phi) is 5.18. The van der Waals surface area contributed by atoms with Gasteiger partial charge in [-0.3, -0.25) is 24.3 Å². The Balaban J connectivity index is 1.63. The highest BCUT2D eigenvalue weighted by atomic mass is 16.3. The molecule has 2 aromatic heterocycles. The molecule has 0 spiro atoms. The molecule has 168 valence electrons. The first-order chi connectivity index (χ1) is 16.4. The van der Waals surface area contributed by atoms with Gasteiger partial charge >= 0.3 is 0 Å². The van der Waals surface area contributed by atoms with Gasteiger partial charge in [0.15, 0.2) is 11.5 Å². The van der Waals surface area contributed by atoms with Gasteiger partial charge in [-0.2, -0.15) is 0 Å². The number of Topliss-reactive ketones (excluding diaryl/α,β-unsaturated/α-hetero) is 1. The molecule has 8 nitrogen and oxygen atoms in total. The second-order valence-corrected chi connectivity index (χ2v) is 7.84. The van der Waals surface area contributed by atoms with Gasteiger partial charge in [-0.1, -0.05) is 30.3 Å². The number of hydrogen-bond acceptors (Lipinski definition) is 6. The van der Waals surface area contributed by atoms with E-state index in [2.05, 4.69) is 10.3 Å². The molecule has 0 bridgehead atoms. The minimum Gasteiger partial charge on any atom is -0.503 e. The molecule has 2 N–H and O–H groups in total. The number of pyridine rings is 1. The molecule has 0 saturated carbocycles. The van der Waals surface area contributed by atoms with Crippen LogP contribution in [-0.4, -0.2) is 27.7 Å². The quantitative estimate of drug-likeness (QED) is 0.428. The van der Waals surface area contributed by atoms with Crippen molar-refractivity contribution in [2.24, 2.45) is 0 Å². The third kappa shape index (κ3) is 3.61. The standard InChI is InChI=1S/C26H19N3O5/c1-15(30)28-18-8-4-9-19(13-18)29-23(17-7-5-11-27-14-17)22(25(32)26(29)33)24(31)21-12-16-6-2-3-10-20(16)34-21/h2-14,23,32H,1H3,(H,28,30). The van der Waals surface area contributed by atoms with Crippen LogP contribution in [0.15, 0.2) is 94.9 Å². The van der Waals surface area contributed by atoms with Crippen LogP contribution >= 0.6 is 0 Å². The van der Waals surface area contributed by atoms with Crippen LogP contribution in [-0.2, 0) is 9.59 Å². The number of carbonyl (C=O) groups excluding carboxylic acids is 3. The zero-order chi connectivity index (χ0) is 23.8. The summed E-state index contributed by atoms with van der Waals surface area (Å²) in [5.74, 6) is -2.26. The fourth-order valence-corrected chi connectivity index (χ4v) is 4.12. The molecule has 0 saturated heterocycles. The van der Waals surface area contributed by atoms with E-state index < -0.39 is 23.5 Å². The zero-order valence-electron chi connectivity index (χ0n) is 18.1. The average molecular weight is 453 g/mol. The normalized spacial score (nSPS) is 15.7. The number of hydrogen-bond donors (Lipinski definition) is 2. The van der Waals surface area contributed by atoms with Gasteiger partial charge < -0.3 is 14.8 Å². The lowest BCUT2D eigenvalue weighted by molar-refractivity contribution is -0.117. The molecular formula is C26H19N3O5. The largest absolute Gasteiger partial charge is 0.503 e. The van der Waals surface area contributed by atoms with Crippen LogP contribution in [0.2, 0.25) is 0 Å². The van der Waals surface area contributed by atoms with Crippen LogP contribution < -0.4 is 10.2 Å². The van der Waals surface area contributed by atoms with Crippen molar-refractivity contribution >= 4 is 39.9 Å². The van der Waals surface area contributed by atoms with E-state index in [1.54, 1.807) is 60.8 Å². The fourth-order valence-electron chi connectivity index (χ4n) is 4.12. The van der Waals surface area contributed by atoms with Crippen LogP contribution in [0, 0.1) is 0 Å². The van der Waals surface area contributed by atoms with E-state index in [1.165, 1.54) is 18.0 Å². The summed E-state index contributed by atoms with van der Waals surface area (Å²) in [5.41, 5.74) is 1.81. The monoisotopic (exact) mass is 453 g/mol. The molecule has 8 heteroatoms. The summed E-state index contributed by atoms with van der Waals surface area (Å²) >= 11 is 0. The predicted octanol–water partition coefficient (Wildman–Crippen LogP) is 4.57. The molecule has 0 fully saturated rings. The number of amides is 2. The first-order valence-corrected chi connectivity index (χ1v) is 10.5. The van der Waals surface area contributed by atoms with Crippen molar-refractivity contribution in [2.45, 2.75) is 13.0 Å². The van der Waals surface area contributed by atoms with Crippen molar-refractivity contribution in [3.63, 3.8) is 0 Å². The topological polar surface area (TPSA) is 113 Å². The number of benzene rings is 2. The summed E-state index contributed by atoms with van der Waals surface area (Å²) in [6.07, 6.45) is 3.11. The maximum absolute atomic E-state index is 13.6.